The molecule has 0 spiro atoms. The van der Waals surface area contributed by atoms with E-state index in [9.17, 15) is 19.3 Å². The summed E-state index contributed by atoms with van der Waals surface area (Å²) in [5.41, 5.74) is 13.3. The van der Waals surface area contributed by atoms with Gasteiger partial charge in [0.05, 0.1) is 12.7 Å². The monoisotopic (exact) mass is 535 g/mol. The van der Waals surface area contributed by atoms with Crippen molar-refractivity contribution >= 4 is 25.4 Å². The number of hydrogen-bond acceptors (Lipinski definition) is 11. The van der Waals surface area contributed by atoms with E-state index in [1.54, 1.807) is 32.0 Å². The van der Waals surface area contributed by atoms with Crippen molar-refractivity contribution in [2.45, 2.75) is 45.1 Å². The molecule has 0 bridgehead atoms. The third-order valence-electron chi connectivity index (χ3n) is 4.75. The lowest BCUT2D eigenvalue weighted by Crippen LogP contribution is -2.37. The molecule has 0 aliphatic carbocycles. The highest BCUT2D eigenvalue weighted by Crippen LogP contribution is 2.46. The number of ether oxygens (including phenoxy) is 2. The summed E-state index contributed by atoms with van der Waals surface area (Å²) in [5.74, 6) is -0.890. The molecule has 3 rings (SSSR count). The molecule has 0 saturated heterocycles. The Bertz CT molecular complexity index is 1310. The number of aromatic nitrogens is 2. The Hall–Kier alpha value is -3.87. The van der Waals surface area contributed by atoms with Gasteiger partial charge in [-0.05, 0) is 44.5 Å². The average molecular weight is 535 g/mol. The van der Waals surface area contributed by atoms with Crippen LogP contribution < -0.4 is 21.0 Å². The van der Waals surface area contributed by atoms with Crippen molar-refractivity contribution in [2.75, 3.05) is 12.3 Å². The van der Waals surface area contributed by atoms with Gasteiger partial charge in [0.25, 0.3) is 0 Å². The number of nitrogens with one attached hydrogen (secondary N) is 1. The lowest BCUT2D eigenvalue weighted by atomic mass is 10.2. The van der Waals surface area contributed by atoms with Crippen molar-refractivity contribution in [3.8, 4) is 5.75 Å². The van der Waals surface area contributed by atoms with Crippen LogP contribution in [0.4, 0.5) is 5.82 Å². The van der Waals surface area contributed by atoms with Crippen molar-refractivity contribution in [3.05, 3.63) is 69.2 Å². The molecule has 1 aromatic heterocycles. The van der Waals surface area contributed by atoms with E-state index in [4.69, 9.17) is 29.8 Å². The summed E-state index contributed by atoms with van der Waals surface area (Å²) in [5, 5.41) is 16.6. The second-order valence-corrected chi connectivity index (χ2v) is 9.71. The van der Waals surface area contributed by atoms with Crippen LogP contribution in [0, 0.1) is 0 Å². The van der Waals surface area contributed by atoms with Crippen LogP contribution in [0.3, 0.4) is 0 Å². The van der Waals surface area contributed by atoms with Gasteiger partial charge in [0.1, 0.15) is 29.4 Å². The second-order valence-electron chi connectivity index (χ2n) is 8.02. The van der Waals surface area contributed by atoms with Crippen LogP contribution in [0.15, 0.2) is 58.2 Å². The quantitative estimate of drug-likeness (QED) is 0.125. The SMILES string of the molecule is CC(C)OC(=O)[C@H](C)NP(=O)(OC[C@H]1OC(n2ccc(N)nc2=O)=C(N=[N+]=[N-])[C@@H]1O)Oc1ccccc1. The van der Waals surface area contributed by atoms with Crippen molar-refractivity contribution in [1.29, 1.82) is 0 Å². The molecule has 0 amide bonds. The molecular formula is C21H26N7O8P. The van der Waals surface area contributed by atoms with E-state index in [1.165, 1.54) is 31.3 Å². The van der Waals surface area contributed by atoms with Gasteiger partial charge in [-0.25, -0.2) is 13.9 Å². The fourth-order valence-corrected chi connectivity index (χ4v) is 4.61. The number of carbonyl (C=O) groups excluding carboxylic acids is 1. The maximum absolute atomic E-state index is 13.6. The van der Waals surface area contributed by atoms with E-state index < -0.39 is 50.4 Å². The number of benzene rings is 1. The molecule has 0 saturated carbocycles. The summed E-state index contributed by atoms with van der Waals surface area (Å²) >= 11 is 0. The molecular weight excluding hydrogens is 509 g/mol. The molecule has 1 unspecified atom stereocenters. The third-order valence-corrected chi connectivity index (χ3v) is 6.39. The fraction of sp³-hybridized carbons (Fsp3) is 0.381. The lowest BCUT2D eigenvalue weighted by Gasteiger charge is -2.25. The zero-order chi connectivity index (χ0) is 27.2. The van der Waals surface area contributed by atoms with E-state index in [-0.39, 0.29) is 23.1 Å². The Kier molecular flexibility index (Phi) is 8.92. The Labute approximate surface area is 211 Å². The lowest BCUT2D eigenvalue weighted by molar-refractivity contribution is -0.149. The van der Waals surface area contributed by atoms with Crippen LogP contribution in [0.2, 0.25) is 0 Å². The van der Waals surface area contributed by atoms with Crippen molar-refractivity contribution in [1.82, 2.24) is 14.6 Å². The van der Waals surface area contributed by atoms with Crippen molar-refractivity contribution < 1.29 is 33.0 Å². The van der Waals surface area contributed by atoms with Gasteiger partial charge < -0.3 is 24.8 Å². The van der Waals surface area contributed by atoms with Crippen LogP contribution >= 0.6 is 7.75 Å². The molecule has 1 aliphatic heterocycles. The molecule has 15 nitrogen and oxygen atoms in total. The first-order valence-electron chi connectivity index (χ1n) is 11.0. The predicted octanol–water partition coefficient (Wildman–Crippen LogP) is 2.15. The van der Waals surface area contributed by atoms with Gasteiger partial charge in [0.2, 0.25) is 5.88 Å². The standard InChI is InChI=1S/C21H26N7O8P/c1-12(2)34-20(30)13(3)26-37(32,36-14-7-5-4-6-8-14)33-11-15-18(29)17(25-27-23)19(35-15)28-10-9-16(22)24-21(28)31/h4-10,12-13,15,18,29H,11H2,1-3H3,(H,26,32)(H2,22,24,31)/t13-,15+,18+,37?/m0/s1. The highest BCUT2D eigenvalue weighted by atomic mass is 31.2. The van der Waals surface area contributed by atoms with Crippen LogP contribution in [-0.4, -0.2) is 51.6 Å². The highest BCUT2D eigenvalue weighted by molar-refractivity contribution is 7.52. The molecule has 4 atom stereocenters. The number of nitrogens with two attached hydrogens (primary N) is 1. The predicted molar refractivity (Wildman–Crippen MR) is 131 cm³/mol. The minimum Gasteiger partial charge on any atom is -0.469 e. The Balaban J connectivity index is 1.83. The maximum Gasteiger partial charge on any atom is 0.459 e. The topological polar surface area (TPSA) is 213 Å². The Morgan fingerprint density at radius 3 is 2.68 bits per heavy atom. The molecule has 2 aromatic rings. The van der Waals surface area contributed by atoms with Gasteiger partial charge in [-0.15, -0.1) is 0 Å². The summed E-state index contributed by atoms with van der Waals surface area (Å²) in [7, 11) is -4.28. The third kappa shape index (κ3) is 7.09. The molecule has 0 fully saturated rings. The van der Waals surface area contributed by atoms with E-state index in [0.29, 0.717) is 0 Å². The Morgan fingerprint density at radius 1 is 1.35 bits per heavy atom. The number of anilines is 1. The zero-order valence-electron chi connectivity index (χ0n) is 20.1. The zero-order valence-corrected chi connectivity index (χ0v) is 21.0. The summed E-state index contributed by atoms with van der Waals surface area (Å²) in [4.78, 5) is 30.8. The number of nitrogen functional groups attached to an aromatic ring is 1. The molecule has 1 aromatic carbocycles. The number of aliphatic hydroxyl groups excluding tert-OH is 1. The number of aliphatic hydroxyl groups is 1. The summed E-state index contributed by atoms with van der Waals surface area (Å²) in [6.45, 7) is 4.16. The van der Waals surface area contributed by atoms with Gasteiger partial charge in [-0.1, -0.05) is 23.3 Å². The van der Waals surface area contributed by atoms with Gasteiger partial charge >= 0.3 is 19.4 Å². The van der Waals surface area contributed by atoms with Crippen LogP contribution in [-0.2, 0) is 23.4 Å². The van der Waals surface area contributed by atoms with Gasteiger partial charge in [-0.3, -0.25) is 9.32 Å². The minimum absolute atomic E-state index is 0.0548. The first-order valence-corrected chi connectivity index (χ1v) is 12.5. The van der Waals surface area contributed by atoms with E-state index >= 15 is 0 Å². The highest BCUT2D eigenvalue weighted by Gasteiger charge is 2.40. The molecule has 1 aliphatic rings. The number of nitrogens with zero attached hydrogens (tertiary/aromatic N) is 5. The van der Waals surface area contributed by atoms with Gasteiger partial charge in [0, 0.05) is 11.1 Å². The number of carbonyl (C=O) groups is 1. The molecule has 37 heavy (non-hydrogen) atoms. The van der Waals surface area contributed by atoms with E-state index in [0.717, 1.165) is 4.57 Å². The van der Waals surface area contributed by atoms with E-state index in [2.05, 4.69) is 20.1 Å². The average Bonchev–Trinajstić information content (AvgIpc) is 3.13. The normalized spacial score (nSPS) is 19.5. The number of hydrogen-bond donors (Lipinski definition) is 3. The minimum atomic E-state index is -4.28. The summed E-state index contributed by atoms with van der Waals surface area (Å²) in [6.07, 6.45) is -2.06. The van der Waals surface area contributed by atoms with Crippen LogP contribution in [0.1, 0.15) is 20.8 Å². The molecule has 16 heteroatoms. The smallest absolute Gasteiger partial charge is 0.459 e. The summed E-state index contributed by atoms with van der Waals surface area (Å²) in [6, 6.07) is 8.24. The largest absolute Gasteiger partial charge is 0.469 e. The molecule has 0 radical (unpaired) electrons. The number of azide groups is 1. The Morgan fingerprint density at radius 2 is 2.05 bits per heavy atom. The second kappa shape index (κ2) is 11.9. The van der Waals surface area contributed by atoms with Crippen molar-refractivity contribution in [3.63, 3.8) is 0 Å². The van der Waals surface area contributed by atoms with Gasteiger partial charge in [0.15, 0.2) is 6.10 Å². The first kappa shape index (κ1) is 27.7. The van der Waals surface area contributed by atoms with Gasteiger partial charge in [-0.2, -0.15) is 10.1 Å². The number of rotatable bonds is 11. The molecule has 4 N–H and O–H groups in total. The number of para-hydroxylation sites is 1. The molecule has 2 heterocycles. The van der Waals surface area contributed by atoms with E-state index in [1.807, 2.05) is 0 Å². The molecule has 198 valence electrons. The van der Waals surface area contributed by atoms with Crippen molar-refractivity contribution in [2.24, 2.45) is 5.11 Å². The van der Waals surface area contributed by atoms with Crippen LogP contribution in [0.5, 0.6) is 5.75 Å². The maximum atomic E-state index is 13.6. The fourth-order valence-electron chi connectivity index (χ4n) is 3.10. The number of esters is 1. The summed E-state index contributed by atoms with van der Waals surface area (Å²) < 4.78 is 36.3. The van der Waals surface area contributed by atoms with Crippen LogP contribution in [0.25, 0.3) is 16.3 Å². The first-order chi connectivity index (χ1) is 17.5.